The molecule has 284 valence electrons. The third-order valence-electron chi connectivity index (χ3n) is 9.36. The second-order valence-electron chi connectivity index (χ2n) is 14.3. The van der Waals surface area contributed by atoms with Crippen molar-refractivity contribution in [1.29, 1.82) is 0 Å². The molecule has 0 aliphatic carbocycles. The van der Waals surface area contributed by atoms with Crippen molar-refractivity contribution >= 4 is 17.9 Å². The van der Waals surface area contributed by atoms with Crippen molar-refractivity contribution in [3.05, 3.63) is 0 Å². The van der Waals surface area contributed by atoms with Crippen molar-refractivity contribution in [3.8, 4) is 0 Å². The van der Waals surface area contributed by atoms with E-state index in [9.17, 15) is 14.4 Å². The van der Waals surface area contributed by atoms with Crippen molar-refractivity contribution in [2.75, 3.05) is 13.2 Å². The van der Waals surface area contributed by atoms with E-state index in [0.717, 1.165) is 57.8 Å². The summed E-state index contributed by atoms with van der Waals surface area (Å²) in [5.74, 6) is -0.861. The van der Waals surface area contributed by atoms with Crippen LogP contribution >= 0.6 is 0 Å². The van der Waals surface area contributed by atoms with Crippen LogP contribution in [0.15, 0.2) is 0 Å². The number of carbonyl (C=O) groups excluding carboxylic acids is 3. The van der Waals surface area contributed by atoms with Gasteiger partial charge in [-0.3, -0.25) is 14.4 Å². The van der Waals surface area contributed by atoms with E-state index in [1.807, 2.05) is 0 Å². The average molecular weight is 681 g/mol. The standard InChI is InChI=1S/C42H80O6/c1-4-7-10-13-16-19-21-24-27-30-33-36-42(45)48-39(37-46-40(43)34-31-28-25-22-18-15-12-9-6-3)38-47-41(44)35-32-29-26-23-20-17-14-11-8-5-2/h39H,4-38H2,1-3H3/t39-/m0/s1. The summed E-state index contributed by atoms with van der Waals surface area (Å²) in [6.07, 6.45) is 36.5. The van der Waals surface area contributed by atoms with Crippen LogP contribution in [0.4, 0.5) is 0 Å². The highest BCUT2D eigenvalue weighted by Crippen LogP contribution is 2.15. The van der Waals surface area contributed by atoms with E-state index in [1.54, 1.807) is 0 Å². The molecule has 0 unspecified atom stereocenters. The van der Waals surface area contributed by atoms with Gasteiger partial charge in [-0.15, -0.1) is 0 Å². The van der Waals surface area contributed by atoms with Crippen LogP contribution in [-0.4, -0.2) is 37.2 Å². The molecule has 6 nitrogen and oxygen atoms in total. The smallest absolute Gasteiger partial charge is 0.306 e. The first kappa shape index (κ1) is 46.4. The van der Waals surface area contributed by atoms with Gasteiger partial charge in [-0.1, -0.05) is 194 Å². The molecule has 0 N–H and O–H groups in total. The summed E-state index contributed by atoms with van der Waals surface area (Å²) in [7, 11) is 0. The van der Waals surface area contributed by atoms with Crippen molar-refractivity contribution in [2.45, 2.75) is 239 Å². The lowest BCUT2D eigenvalue weighted by molar-refractivity contribution is -0.167. The zero-order valence-electron chi connectivity index (χ0n) is 32.3. The van der Waals surface area contributed by atoms with E-state index in [4.69, 9.17) is 14.2 Å². The Kier molecular flexibility index (Phi) is 36.9. The predicted octanol–water partition coefficient (Wildman–Crippen LogP) is 12.9. The van der Waals surface area contributed by atoms with Gasteiger partial charge in [0.25, 0.3) is 0 Å². The lowest BCUT2D eigenvalue weighted by atomic mass is 10.1. The fourth-order valence-electron chi connectivity index (χ4n) is 6.15. The van der Waals surface area contributed by atoms with Crippen molar-refractivity contribution in [1.82, 2.24) is 0 Å². The van der Waals surface area contributed by atoms with E-state index in [1.165, 1.54) is 135 Å². The molecule has 1 atom stereocenters. The summed E-state index contributed by atoms with van der Waals surface area (Å²) in [4.78, 5) is 37.5. The van der Waals surface area contributed by atoms with Gasteiger partial charge >= 0.3 is 17.9 Å². The van der Waals surface area contributed by atoms with Crippen LogP contribution in [-0.2, 0) is 28.6 Å². The second kappa shape index (κ2) is 38.2. The van der Waals surface area contributed by atoms with Crippen LogP contribution in [0.5, 0.6) is 0 Å². The normalized spacial score (nSPS) is 11.8. The Balaban J connectivity index is 4.33. The quantitative estimate of drug-likeness (QED) is 0.0367. The first-order chi connectivity index (χ1) is 23.5. The van der Waals surface area contributed by atoms with Gasteiger partial charge in [-0.05, 0) is 19.3 Å². The fraction of sp³-hybridized carbons (Fsp3) is 0.929. The van der Waals surface area contributed by atoms with Gasteiger partial charge in [0.1, 0.15) is 13.2 Å². The van der Waals surface area contributed by atoms with E-state index >= 15 is 0 Å². The summed E-state index contributed by atoms with van der Waals surface area (Å²) >= 11 is 0. The lowest BCUT2D eigenvalue weighted by Gasteiger charge is -2.18. The molecule has 0 aliphatic rings. The van der Waals surface area contributed by atoms with Crippen LogP contribution in [0.2, 0.25) is 0 Å². The van der Waals surface area contributed by atoms with Gasteiger partial charge in [-0.2, -0.15) is 0 Å². The first-order valence-corrected chi connectivity index (χ1v) is 21.0. The molecular formula is C42H80O6. The van der Waals surface area contributed by atoms with Gasteiger partial charge in [0, 0.05) is 19.3 Å². The molecule has 0 spiro atoms. The summed E-state index contributed by atoms with van der Waals surface area (Å²) in [6.45, 7) is 6.60. The molecule has 0 heterocycles. The van der Waals surface area contributed by atoms with Crippen molar-refractivity contribution in [3.63, 3.8) is 0 Å². The van der Waals surface area contributed by atoms with Crippen LogP contribution in [0.3, 0.4) is 0 Å². The maximum absolute atomic E-state index is 12.6. The Morgan fingerprint density at radius 1 is 0.333 bits per heavy atom. The minimum absolute atomic E-state index is 0.0636. The minimum atomic E-state index is -0.756. The van der Waals surface area contributed by atoms with E-state index in [-0.39, 0.29) is 31.1 Å². The Morgan fingerprint density at radius 3 is 0.833 bits per heavy atom. The third kappa shape index (κ3) is 35.7. The predicted molar refractivity (Wildman–Crippen MR) is 201 cm³/mol. The number of esters is 3. The molecule has 0 rings (SSSR count). The summed E-state index contributed by atoms with van der Waals surface area (Å²) in [5, 5.41) is 0. The molecule has 0 aliphatic heterocycles. The molecule has 0 aromatic heterocycles. The maximum Gasteiger partial charge on any atom is 0.306 e. The molecule has 0 aromatic rings. The molecule has 0 amide bonds. The number of ether oxygens (including phenoxy) is 3. The first-order valence-electron chi connectivity index (χ1n) is 21.0. The zero-order chi connectivity index (χ0) is 35.2. The van der Waals surface area contributed by atoms with Crippen LogP contribution < -0.4 is 0 Å². The molecule has 6 heteroatoms. The van der Waals surface area contributed by atoms with Crippen LogP contribution in [0, 0.1) is 0 Å². The van der Waals surface area contributed by atoms with Crippen LogP contribution in [0.25, 0.3) is 0 Å². The van der Waals surface area contributed by atoms with E-state index in [2.05, 4.69) is 20.8 Å². The molecule has 0 aromatic carbocycles. The van der Waals surface area contributed by atoms with Gasteiger partial charge in [0.05, 0.1) is 0 Å². The lowest BCUT2D eigenvalue weighted by Crippen LogP contribution is -2.30. The van der Waals surface area contributed by atoms with Gasteiger partial charge in [0.15, 0.2) is 6.10 Å². The minimum Gasteiger partial charge on any atom is -0.462 e. The molecule has 0 fully saturated rings. The fourth-order valence-corrected chi connectivity index (χ4v) is 6.15. The SMILES string of the molecule is CCCCCCCCCCCCCC(=O)O[C@@H](COC(=O)CCCCCCCCCCC)COC(=O)CCCCCCCCCCCC. The Bertz CT molecular complexity index is 708. The molecule has 48 heavy (non-hydrogen) atoms. The molecule has 0 radical (unpaired) electrons. The summed E-state index contributed by atoms with van der Waals surface area (Å²) < 4.78 is 16.6. The highest BCUT2D eigenvalue weighted by Gasteiger charge is 2.19. The zero-order valence-corrected chi connectivity index (χ0v) is 32.3. The number of rotatable bonds is 38. The summed E-state index contributed by atoms with van der Waals surface area (Å²) in [5.41, 5.74) is 0. The molecule has 0 saturated heterocycles. The average Bonchev–Trinajstić information content (AvgIpc) is 3.08. The maximum atomic E-state index is 12.6. The van der Waals surface area contributed by atoms with E-state index < -0.39 is 6.10 Å². The number of carbonyl (C=O) groups is 3. The Morgan fingerprint density at radius 2 is 0.562 bits per heavy atom. The molecular weight excluding hydrogens is 600 g/mol. The van der Waals surface area contributed by atoms with Gasteiger partial charge in [-0.25, -0.2) is 0 Å². The molecule has 0 saturated carbocycles. The Labute approximate surface area is 298 Å². The largest absolute Gasteiger partial charge is 0.462 e. The number of hydrogen-bond donors (Lipinski definition) is 0. The second-order valence-corrected chi connectivity index (χ2v) is 14.3. The topological polar surface area (TPSA) is 78.9 Å². The monoisotopic (exact) mass is 681 g/mol. The third-order valence-corrected chi connectivity index (χ3v) is 9.36. The van der Waals surface area contributed by atoms with Crippen LogP contribution in [0.1, 0.15) is 233 Å². The van der Waals surface area contributed by atoms with E-state index in [0.29, 0.717) is 19.3 Å². The summed E-state index contributed by atoms with van der Waals surface area (Å²) in [6, 6.07) is 0. The van der Waals surface area contributed by atoms with Crippen molar-refractivity contribution < 1.29 is 28.6 Å². The van der Waals surface area contributed by atoms with Gasteiger partial charge in [0.2, 0.25) is 0 Å². The highest BCUT2D eigenvalue weighted by molar-refractivity contribution is 5.71. The highest BCUT2D eigenvalue weighted by atomic mass is 16.6. The van der Waals surface area contributed by atoms with Crippen molar-refractivity contribution in [2.24, 2.45) is 0 Å². The number of hydrogen-bond acceptors (Lipinski definition) is 6. The number of unbranched alkanes of at least 4 members (excludes halogenated alkanes) is 27. The van der Waals surface area contributed by atoms with Gasteiger partial charge < -0.3 is 14.2 Å². The molecule has 0 bridgehead atoms. The Hall–Kier alpha value is -1.59.